The predicted molar refractivity (Wildman–Crippen MR) is 91.5 cm³/mol. The average molecular weight is 318 g/mol. The Labute approximate surface area is 140 Å². The Morgan fingerprint density at radius 2 is 2.04 bits per heavy atom. The van der Waals surface area contributed by atoms with Crippen molar-refractivity contribution in [1.82, 2.24) is 20.1 Å². The van der Waals surface area contributed by atoms with Crippen LogP contribution in [0.25, 0.3) is 10.9 Å². The summed E-state index contributed by atoms with van der Waals surface area (Å²) in [7, 11) is 0. The number of nitrogens with zero attached hydrogens (tertiary/aromatic N) is 4. The number of rotatable bonds is 3. The molecule has 3 aromatic rings. The number of benzene rings is 1. The van der Waals surface area contributed by atoms with Crippen LogP contribution in [-0.2, 0) is 6.42 Å². The van der Waals surface area contributed by atoms with Crippen LogP contribution in [0.3, 0.4) is 0 Å². The maximum atomic E-state index is 12.5. The summed E-state index contributed by atoms with van der Waals surface area (Å²) in [6.07, 6.45) is 6.97. The van der Waals surface area contributed by atoms with E-state index in [-0.39, 0.29) is 5.91 Å². The molecular weight excluding hydrogens is 300 g/mol. The second-order valence-electron chi connectivity index (χ2n) is 6.23. The van der Waals surface area contributed by atoms with Crippen molar-refractivity contribution in [2.24, 2.45) is 5.92 Å². The second-order valence-corrected chi connectivity index (χ2v) is 6.23. The largest absolute Gasteiger partial charge is 0.338 e. The van der Waals surface area contributed by atoms with Gasteiger partial charge < -0.3 is 4.90 Å². The number of para-hydroxylation sites is 1. The number of likely N-dealkylation sites (tertiary alicyclic amines) is 1. The zero-order valence-electron chi connectivity index (χ0n) is 13.3. The summed E-state index contributed by atoms with van der Waals surface area (Å²) in [6, 6.07) is 12.0. The highest BCUT2D eigenvalue weighted by molar-refractivity contribution is 5.94. The van der Waals surface area contributed by atoms with Gasteiger partial charge in [0.25, 0.3) is 5.91 Å². The number of carbonyl (C=O) groups is 1. The predicted octanol–water partition coefficient (Wildman–Crippen LogP) is 2.73. The summed E-state index contributed by atoms with van der Waals surface area (Å²) in [4.78, 5) is 18.8. The molecular formula is C19H18N4O. The van der Waals surface area contributed by atoms with Gasteiger partial charge >= 0.3 is 0 Å². The second kappa shape index (κ2) is 6.35. The highest BCUT2D eigenvalue weighted by Gasteiger charge is 2.27. The van der Waals surface area contributed by atoms with Crippen LogP contribution in [0.15, 0.2) is 55.0 Å². The Morgan fingerprint density at radius 1 is 1.12 bits per heavy atom. The Morgan fingerprint density at radius 3 is 2.92 bits per heavy atom. The number of pyridine rings is 1. The Balaban J connectivity index is 1.48. The fourth-order valence-corrected chi connectivity index (χ4v) is 3.43. The molecule has 120 valence electrons. The molecule has 5 heteroatoms. The van der Waals surface area contributed by atoms with Gasteiger partial charge in [-0.05, 0) is 42.5 Å². The van der Waals surface area contributed by atoms with Gasteiger partial charge in [0, 0.05) is 24.7 Å². The minimum absolute atomic E-state index is 0.0481. The molecule has 1 atom stereocenters. The van der Waals surface area contributed by atoms with E-state index in [9.17, 15) is 4.79 Å². The van der Waals surface area contributed by atoms with Crippen LogP contribution < -0.4 is 0 Å². The molecule has 2 aromatic heterocycles. The first-order valence-electron chi connectivity index (χ1n) is 8.20. The van der Waals surface area contributed by atoms with Gasteiger partial charge in [-0.2, -0.15) is 10.2 Å². The molecule has 1 fully saturated rings. The van der Waals surface area contributed by atoms with Crippen LogP contribution in [0.1, 0.15) is 22.3 Å². The minimum atomic E-state index is 0.0481. The molecule has 3 heterocycles. The maximum absolute atomic E-state index is 12.5. The lowest BCUT2D eigenvalue weighted by Crippen LogP contribution is -2.29. The standard InChI is InChI=1S/C19H18N4O/c24-19(16-6-9-21-22-12-16)23-10-7-14(13-23)11-15-5-8-20-18-4-2-1-3-17(15)18/h1-6,8-9,12,14H,7,10-11,13H2/t14-/m1/s1. The summed E-state index contributed by atoms with van der Waals surface area (Å²) >= 11 is 0. The van der Waals surface area contributed by atoms with Crippen molar-refractivity contribution < 1.29 is 4.79 Å². The van der Waals surface area contributed by atoms with E-state index in [0.29, 0.717) is 11.5 Å². The van der Waals surface area contributed by atoms with Gasteiger partial charge in [-0.15, -0.1) is 0 Å². The molecule has 0 saturated carbocycles. The molecule has 1 amide bonds. The van der Waals surface area contributed by atoms with Crippen LogP contribution in [0.2, 0.25) is 0 Å². The number of hydrogen-bond acceptors (Lipinski definition) is 4. The zero-order valence-corrected chi connectivity index (χ0v) is 13.3. The smallest absolute Gasteiger partial charge is 0.255 e. The van der Waals surface area contributed by atoms with E-state index in [2.05, 4.69) is 33.4 Å². The lowest BCUT2D eigenvalue weighted by molar-refractivity contribution is 0.0786. The number of hydrogen-bond donors (Lipinski definition) is 0. The van der Waals surface area contributed by atoms with Crippen molar-refractivity contribution >= 4 is 16.8 Å². The van der Waals surface area contributed by atoms with Crippen molar-refractivity contribution in [2.75, 3.05) is 13.1 Å². The van der Waals surface area contributed by atoms with Crippen LogP contribution in [0, 0.1) is 5.92 Å². The third-order valence-corrected chi connectivity index (χ3v) is 4.65. The molecule has 0 aliphatic carbocycles. The number of amides is 1. The first kappa shape index (κ1) is 14.8. The molecule has 0 radical (unpaired) electrons. The van der Waals surface area contributed by atoms with E-state index in [1.54, 1.807) is 12.3 Å². The molecule has 5 nitrogen and oxygen atoms in total. The summed E-state index contributed by atoms with van der Waals surface area (Å²) < 4.78 is 0. The van der Waals surface area contributed by atoms with Gasteiger partial charge in [0.1, 0.15) is 0 Å². The van der Waals surface area contributed by atoms with E-state index in [1.165, 1.54) is 17.1 Å². The zero-order chi connectivity index (χ0) is 16.4. The van der Waals surface area contributed by atoms with Crippen LogP contribution in [0.4, 0.5) is 0 Å². The summed E-state index contributed by atoms with van der Waals surface area (Å²) in [5.41, 5.74) is 2.95. The van der Waals surface area contributed by atoms with Gasteiger partial charge in [-0.25, -0.2) is 0 Å². The fourth-order valence-electron chi connectivity index (χ4n) is 3.43. The molecule has 0 unspecified atom stereocenters. The molecule has 0 N–H and O–H groups in total. The molecule has 4 rings (SSSR count). The Hall–Kier alpha value is -2.82. The van der Waals surface area contributed by atoms with Gasteiger partial charge in [0.2, 0.25) is 0 Å². The van der Waals surface area contributed by atoms with Gasteiger partial charge in [-0.3, -0.25) is 9.78 Å². The van der Waals surface area contributed by atoms with Gasteiger partial charge in [-0.1, -0.05) is 18.2 Å². The minimum Gasteiger partial charge on any atom is -0.338 e. The van der Waals surface area contributed by atoms with Crippen molar-refractivity contribution in [3.8, 4) is 0 Å². The first-order valence-corrected chi connectivity index (χ1v) is 8.20. The topological polar surface area (TPSA) is 59.0 Å². The SMILES string of the molecule is O=C(c1ccnnc1)N1CC[C@H](Cc2ccnc3ccccc23)C1. The van der Waals surface area contributed by atoms with Crippen molar-refractivity contribution in [3.05, 3.63) is 66.1 Å². The normalized spacial score (nSPS) is 17.3. The van der Waals surface area contributed by atoms with E-state index in [4.69, 9.17) is 0 Å². The molecule has 24 heavy (non-hydrogen) atoms. The molecule has 1 aliphatic rings. The molecule has 0 bridgehead atoms. The number of fused-ring (bicyclic) bond motifs is 1. The van der Waals surface area contributed by atoms with Crippen LogP contribution in [0.5, 0.6) is 0 Å². The summed E-state index contributed by atoms with van der Waals surface area (Å²) in [6.45, 7) is 1.59. The van der Waals surface area contributed by atoms with Gasteiger partial charge in [0.15, 0.2) is 0 Å². The third kappa shape index (κ3) is 2.85. The first-order chi connectivity index (χ1) is 11.8. The summed E-state index contributed by atoms with van der Waals surface area (Å²) in [5.74, 6) is 0.529. The van der Waals surface area contributed by atoms with E-state index in [1.807, 2.05) is 23.2 Å². The number of aromatic nitrogens is 3. The van der Waals surface area contributed by atoms with E-state index >= 15 is 0 Å². The van der Waals surface area contributed by atoms with E-state index in [0.717, 1.165) is 31.4 Å². The third-order valence-electron chi connectivity index (χ3n) is 4.65. The maximum Gasteiger partial charge on any atom is 0.255 e. The highest BCUT2D eigenvalue weighted by Crippen LogP contribution is 2.25. The quantitative estimate of drug-likeness (QED) is 0.745. The fraction of sp³-hybridized carbons (Fsp3) is 0.263. The van der Waals surface area contributed by atoms with Crippen LogP contribution in [-0.4, -0.2) is 39.1 Å². The Kier molecular flexibility index (Phi) is 3.91. The van der Waals surface area contributed by atoms with Gasteiger partial charge in [0.05, 0.1) is 23.5 Å². The molecule has 1 saturated heterocycles. The monoisotopic (exact) mass is 318 g/mol. The van der Waals surface area contributed by atoms with Crippen molar-refractivity contribution in [3.63, 3.8) is 0 Å². The van der Waals surface area contributed by atoms with Crippen LogP contribution >= 0.6 is 0 Å². The lowest BCUT2D eigenvalue weighted by atomic mass is 9.96. The molecule has 0 spiro atoms. The number of carbonyl (C=O) groups excluding carboxylic acids is 1. The summed E-state index contributed by atoms with van der Waals surface area (Å²) in [5, 5.41) is 8.73. The Bertz CT molecular complexity index is 860. The molecule has 1 aliphatic heterocycles. The average Bonchev–Trinajstić information content (AvgIpc) is 3.11. The highest BCUT2D eigenvalue weighted by atomic mass is 16.2. The molecule has 1 aromatic carbocycles. The van der Waals surface area contributed by atoms with Crippen molar-refractivity contribution in [2.45, 2.75) is 12.8 Å². The lowest BCUT2D eigenvalue weighted by Gasteiger charge is -2.16. The van der Waals surface area contributed by atoms with Crippen molar-refractivity contribution in [1.29, 1.82) is 0 Å². The van der Waals surface area contributed by atoms with E-state index < -0.39 is 0 Å².